The predicted molar refractivity (Wildman–Crippen MR) is 81.8 cm³/mol. The van der Waals surface area contributed by atoms with Crippen molar-refractivity contribution in [3.8, 4) is 5.75 Å². The predicted octanol–water partition coefficient (Wildman–Crippen LogP) is 1.70. The molecule has 0 aromatic heterocycles. The van der Waals surface area contributed by atoms with Gasteiger partial charge >= 0.3 is 5.97 Å². The first kappa shape index (κ1) is 15.7. The molecular weight excluding hydrogens is 290 g/mol. The van der Waals surface area contributed by atoms with E-state index in [-0.39, 0.29) is 12.3 Å². The van der Waals surface area contributed by atoms with Crippen molar-refractivity contribution in [3.63, 3.8) is 0 Å². The molecule has 0 spiro atoms. The highest BCUT2D eigenvalue weighted by Crippen LogP contribution is 2.28. The van der Waals surface area contributed by atoms with Gasteiger partial charge in [0.25, 0.3) is 0 Å². The highest BCUT2D eigenvalue weighted by Gasteiger charge is 2.43. The number of rotatable bonds is 6. The number of para-hydroxylation sites is 1. The molecule has 1 heterocycles. The van der Waals surface area contributed by atoms with Crippen molar-refractivity contribution in [2.75, 3.05) is 18.6 Å². The van der Waals surface area contributed by atoms with Crippen LogP contribution in [0.3, 0.4) is 0 Å². The molecule has 6 heteroatoms. The minimum Gasteiger partial charge on any atom is -0.496 e. The second kappa shape index (κ2) is 6.85. The summed E-state index contributed by atoms with van der Waals surface area (Å²) in [5.41, 5.74) is -0.150. The molecule has 1 unspecified atom stereocenters. The van der Waals surface area contributed by atoms with E-state index in [9.17, 15) is 14.7 Å². The molecule has 0 saturated carbocycles. The van der Waals surface area contributed by atoms with Gasteiger partial charge in [-0.2, -0.15) is 11.8 Å². The minimum atomic E-state index is -1.09. The van der Waals surface area contributed by atoms with E-state index in [0.717, 1.165) is 17.1 Å². The Hall–Kier alpha value is -1.69. The molecule has 1 aliphatic rings. The van der Waals surface area contributed by atoms with Gasteiger partial charge in [0.15, 0.2) is 0 Å². The van der Waals surface area contributed by atoms with Crippen molar-refractivity contribution in [2.24, 2.45) is 0 Å². The van der Waals surface area contributed by atoms with Gasteiger partial charge in [-0.15, -0.1) is 0 Å². The second-order valence-corrected chi connectivity index (χ2v) is 6.16. The normalized spacial score (nSPS) is 21.0. The number of nitrogens with one attached hydrogen (secondary N) is 1. The maximum atomic E-state index is 12.1. The Kier molecular flexibility index (Phi) is 5.12. The Morgan fingerprint density at radius 1 is 1.43 bits per heavy atom. The molecule has 1 amide bonds. The summed E-state index contributed by atoms with van der Waals surface area (Å²) < 4.78 is 5.24. The zero-order chi connectivity index (χ0) is 15.3. The molecule has 0 aliphatic carbocycles. The molecule has 2 rings (SSSR count). The quantitative estimate of drug-likeness (QED) is 0.836. The van der Waals surface area contributed by atoms with Gasteiger partial charge in [-0.25, -0.2) is 4.79 Å². The number of methoxy groups -OCH3 is 1. The summed E-state index contributed by atoms with van der Waals surface area (Å²) in [4.78, 5) is 23.4. The topological polar surface area (TPSA) is 75.6 Å². The fourth-order valence-corrected chi connectivity index (χ4v) is 3.70. The number of thioether (sulfide) groups is 1. The number of carboxylic acids is 1. The number of hydrogen-bond acceptors (Lipinski definition) is 4. The van der Waals surface area contributed by atoms with Crippen LogP contribution in [0.2, 0.25) is 0 Å². The maximum absolute atomic E-state index is 12.1. The Bertz CT molecular complexity index is 526. The van der Waals surface area contributed by atoms with E-state index in [4.69, 9.17) is 4.74 Å². The van der Waals surface area contributed by atoms with Gasteiger partial charge in [0.05, 0.1) is 7.11 Å². The summed E-state index contributed by atoms with van der Waals surface area (Å²) in [6, 6.07) is 7.52. The Balaban J connectivity index is 1.94. The van der Waals surface area contributed by atoms with Gasteiger partial charge in [-0.3, -0.25) is 4.79 Å². The third kappa shape index (κ3) is 3.69. The summed E-state index contributed by atoms with van der Waals surface area (Å²) in [6.07, 6.45) is 1.26. The van der Waals surface area contributed by atoms with E-state index in [1.807, 2.05) is 24.3 Å². The lowest BCUT2D eigenvalue weighted by atomic mass is 9.98. The number of carbonyl (C=O) groups excluding carboxylic acids is 1. The molecule has 1 atom stereocenters. The average molecular weight is 309 g/mol. The van der Waals surface area contributed by atoms with Gasteiger partial charge < -0.3 is 15.2 Å². The first-order chi connectivity index (χ1) is 10.1. The van der Waals surface area contributed by atoms with Crippen LogP contribution in [0, 0.1) is 0 Å². The summed E-state index contributed by atoms with van der Waals surface area (Å²) >= 11 is 1.56. The van der Waals surface area contributed by atoms with E-state index < -0.39 is 11.5 Å². The van der Waals surface area contributed by atoms with Crippen LogP contribution < -0.4 is 10.1 Å². The van der Waals surface area contributed by atoms with Crippen molar-refractivity contribution < 1.29 is 19.4 Å². The molecular formula is C15H19NO4S. The first-order valence-corrected chi connectivity index (χ1v) is 7.97. The number of ether oxygens (including phenoxy) is 1. The Morgan fingerprint density at radius 3 is 2.81 bits per heavy atom. The van der Waals surface area contributed by atoms with Crippen LogP contribution in [0.15, 0.2) is 24.3 Å². The molecule has 114 valence electrons. The van der Waals surface area contributed by atoms with E-state index in [1.165, 1.54) is 0 Å². The van der Waals surface area contributed by atoms with E-state index >= 15 is 0 Å². The number of amides is 1. The minimum absolute atomic E-state index is 0.231. The molecule has 5 nitrogen and oxygen atoms in total. The number of benzene rings is 1. The zero-order valence-electron chi connectivity index (χ0n) is 11.9. The summed E-state index contributed by atoms with van der Waals surface area (Å²) in [7, 11) is 1.59. The summed E-state index contributed by atoms with van der Waals surface area (Å²) in [6.45, 7) is 0. The number of aliphatic carboxylic acids is 1. The van der Waals surface area contributed by atoms with Gasteiger partial charge in [-0.1, -0.05) is 18.2 Å². The van der Waals surface area contributed by atoms with Crippen LogP contribution in [0.1, 0.15) is 18.4 Å². The highest BCUT2D eigenvalue weighted by atomic mass is 32.2. The van der Waals surface area contributed by atoms with Crippen molar-refractivity contribution in [2.45, 2.75) is 24.8 Å². The van der Waals surface area contributed by atoms with E-state index in [0.29, 0.717) is 18.6 Å². The smallest absolute Gasteiger partial charge is 0.330 e. The standard InChI is InChI=1S/C15H19NO4S/c1-20-12-5-3-2-4-11(12)6-7-13(17)16-15(14(18)19)8-9-21-10-15/h2-5H,6-10H2,1H3,(H,16,17)(H,18,19). The lowest BCUT2D eigenvalue weighted by Crippen LogP contribution is -2.54. The van der Waals surface area contributed by atoms with Gasteiger partial charge in [0.2, 0.25) is 5.91 Å². The molecule has 0 bridgehead atoms. The maximum Gasteiger partial charge on any atom is 0.330 e. The fourth-order valence-electron chi connectivity index (χ4n) is 2.37. The second-order valence-electron chi connectivity index (χ2n) is 5.05. The van der Waals surface area contributed by atoms with Crippen LogP contribution in [-0.4, -0.2) is 41.1 Å². The zero-order valence-corrected chi connectivity index (χ0v) is 12.7. The molecule has 21 heavy (non-hydrogen) atoms. The van der Waals surface area contributed by atoms with Crippen LogP contribution in [0.25, 0.3) is 0 Å². The lowest BCUT2D eigenvalue weighted by molar-refractivity contribution is -0.146. The molecule has 2 N–H and O–H groups in total. The number of carbonyl (C=O) groups is 2. The van der Waals surface area contributed by atoms with Crippen molar-refractivity contribution in [3.05, 3.63) is 29.8 Å². The monoisotopic (exact) mass is 309 g/mol. The first-order valence-electron chi connectivity index (χ1n) is 6.81. The molecule has 1 aromatic rings. The Labute approximate surface area is 128 Å². The lowest BCUT2D eigenvalue weighted by Gasteiger charge is -2.24. The summed E-state index contributed by atoms with van der Waals surface area (Å²) in [5, 5.41) is 12.0. The van der Waals surface area contributed by atoms with Gasteiger partial charge in [0.1, 0.15) is 11.3 Å². The van der Waals surface area contributed by atoms with Crippen LogP contribution in [0.4, 0.5) is 0 Å². The van der Waals surface area contributed by atoms with Crippen LogP contribution in [-0.2, 0) is 16.0 Å². The van der Waals surface area contributed by atoms with Gasteiger partial charge in [-0.05, 0) is 30.2 Å². The molecule has 1 saturated heterocycles. The van der Waals surface area contributed by atoms with Crippen molar-refractivity contribution >= 4 is 23.6 Å². The van der Waals surface area contributed by atoms with Crippen LogP contribution in [0.5, 0.6) is 5.75 Å². The molecule has 0 radical (unpaired) electrons. The molecule has 1 fully saturated rings. The number of hydrogen-bond donors (Lipinski definition) is 2. The van der Waals surface area contributed by atoms with Crippen molar-refractivity contribution in [1.82, 2.24) is 5.32 Å². The largest absolute Gasteiger partial charge is 0.496 e. The molecule has 1 aliphatic heterocycles. The SMILES string of the molecule is COc1ccccc1CCC(=O)NC1(C(=O)O)CCSC1. The molecule has 1 aromatic carbocycles. The number of aryl methyl sites for hydroxylation is 1. The average Bonchev–Trinajstić information content (AvgIpc) is 2.95. The van der Waals surface area contributed by atoms with Crippen LogP contribution >= 0.6 is 11.8 Å². The highest BCUT2D eigenvalue weighted by molar-refractivity contribution is 7.99. The Morgan fingerprint density at radius 2 is 2.19 bits per heavy atom. The number of carboxylic acid groups (broad SMARTS) is 1. The van der Waals surface area contributed by atoms with E-state index in [1.54, 1.807) is 18.9 Å². The third-order valence-corrected chi connectivity index (χ3v) is 4.81. The van der Waals surface area contributed by atoms with Gasteiger partial charge in [0, 0.05) is 12.2 Å². The fraction of sp³-hybridized carbons (Fsp3) is 0.467. The van der Waals surface area contributed by atoms with Crippen molar-refractivity contribution in [1.29, 1.82) is 0 Å². The summed E-state index contributed by atoms with van der Waals surface area (Å²) in [5.74, 6) is 0.764. The third-order valence-electron chi connectivity index (χ3n) is 3.62. The van der Waals surface area contributed by atoms with E-state index in [2.05, 4.69) is 5.32 Å².